The molecular weight excluding hydrogens is 214 g/mol. The number of nitrogens with one attached hydrogen (secondary N) is 1. The Kier molecular flexibility index (Phi) is 5.15. The summed E-state index contributed by atoms with van der Waals surface area (Å²) in [6.45, 7) is 0.505. The molecule has 1 aromatic rings. The summed E-state index contributed by atoms with van der Waals surface area (Å²) in [5, 5.41) is 11.8. The van der Waals surface area contributed by atoms with Gasteiger partial charge in [0.25, 0.3) is 0 Å². The Balaban J connectivity index is 2.55. The third-order valence-electron chi connectivity index (χ3n) is 2.07. The summed E-state index contributed by atoms with van der Waals surface area (Å²) in [5.41, 5.74) is 1.01. The van der Waals surface area contributed by atoms with Gasteiger partial charge in [-0.3, -0.25) is 4.79 Å². The maximum absolute atomic E-state index is 10.9. The second-order valence-electron chi connectivity index (χ2n) is 3.22. The zero-order valence-electron chi connectivity index (χ0n) is 8.32. The molecule has 0 bridgehead atoms. The molecule has 0 spiro atoms. The van der Waals surface area contributed by atoms with Crippen LogP contribution in [0, 0.1) is 0 Å². The third kappa shape index (κ3) is 4.32. The molecule has 0 saturated heterocycles. The highest BCUT2D eigenvalue weighted by Gasteiger charge is 2.16. The Hall–Kier alpha value is -1.06. The van der Waals surface area contributed by atoms with Crippen molar-refractivity contribution in [2.45, 2.75) is 12.5 Å². The first-order chi connectivity index (χ1) is 7.24. The van der Waals surface area contributed by atoms with E-state index >= 15 is 0 Å². The largest absolute Gasteiger partial charge is 0.480 e. The fraction of sp³-hybridized carbons (Fsp3) is 0.364. The van der Waals surface area contributed by atoms with E-state index in [1.165, 1.54) is 0 Å². The van der Waals surface area contributed by atoms with E-state index in [1.807, 2.05) is 30.3 Å². The molecule has 1 atom stereocenters. The Morgan fingerprint density at radius 3 is 2.60 bits per heavy atom. The van der Waals surface area contributed by atoms with E-state index in [9.17, 15) is 4.79 Å². The highest BCUT2D eigenvalue weighted by Crippen LogP contribution is 2.03. The molecule has 0 fully saturated rings. The van der Waals surface area contributed by atoms with Crippen molar-refractivity contribution < 1.29 is 9.90 Å². The molecule has 1 aromatic carbocycles. The van der Waals surface area contributed by atoms with Crippen LogP contribution in [0.5, 0.6) is 0 Å². The Morgan fingerprint density at radius 1 is 1.40 bits per heavy atom. The number of aliphatic carboxylic acids is 1. The van der Waals surface area contributed by atoms with Crippen molar-refractivity contribution in [3.8, 4) is 0 Å². The first-order valence-electron chi connectivity index (χ1n) is 4.80. The molecule has 0 aliphatic heterocycles. The lowest BCUT2D eigenvalue weighted by Crippen LogP contribution is -2.39. The molecule has 1 unspecified atom stereocenters. The molecule has 1 rings (SSSR count). The van der Waals surface area contributed by atoms with E-state index in [-0.39, 0.29) is 0 Å². The molecule has 4 heteroatoms. The van der Waals surface area contributed by atoms with Gasteiger partial charge in [0.1, 0.15) is 6.04 Å². The van der Waals surface area contributed by atoms with Gasteiger partial charge in [-0.25, -0.2) is 0 Å². The van der Waals surface area contributed by atoms with E-state index < -0.39 is 12.0 Å². The summed E-state index contributed by atoms with van der Waals surface area (Å²) in [5.74, 6) is -0.428. The smallest absolute Gasteiger partial charge is 0.321 e. The quantitative estimate of drug-likeness (QED) is 0.725. The Morgan fingerprint density at radius 2 is 2.07 bits per heavy atom. The maximum Gasteiger partial charge on any atom is 0.321 e. The predicted octanol–water partition coefficient (Wildman–Crippen LogP) is 1.51. The lowest BCUT2D eigenvalue weighted by atomic mass is 10.1. The van der Waals surface area contributed by atoms with Gasteiger partial charge in [0.05, 0.1) is 0 Å². The zero-order chi connectivity index (χ0) is 11.1. The van der Waals surface area contributed by atoms with Gasteiger partial charge in [-0.15, -0.1) is 11.6 Å². The van der Waals surface area contributed by atoms with Crippen molar-refractivity contribution in [1.82, 2.24) is 5.32 Å². The Labute approximate surface area is 94.1 Å². The number of halogens is 1. The summed E-state index contributed by atoms with van der Waals surface area (Å²) < 4.78 is 0. The van der Waals surface area contributed by atoms with Gasteiger partial charge in [0, 0.05) is 12.4 Å². The van der Waals surface area contributed by atoms with E-state index in [0.29, 0.717) is 18.8 Å². The standard InChI is InChI=1S/C11H14ClNO2/c12-6-7-13-10(11(14)15)8-9-4-2-1-3-5-9/h1-5,10,13H,6-8H2,(H,14,15). The van der Waals surface area contributed by atoms with Crippen molar-refractivity contribution in [1.29, 1.82) is 0 Å². The van der Waals surface area contributed by atoms with Crippen LogP contribution in [0.2, 0.25) is 0 Å². The van der Waals surface area contributed by atoms with Crippen molar-refractivity contribution in [2.24, 2.45) is 0 Å². The molecule has 0 saturated carbocycles. The van der Waals surface area contributed by atoms with Crippen molar-refractivity contribution in [2.75, 3.05) is 12.4 Å². The van der Waals surface area contributed by atoms with E-state index in [4.69, 9.17) is 16.7 Å². The fourth-order valence-electron chi connectivity index (χ4n) is 1.33. The molecule has 0 heterocycles. The highest BCUT2D eigenvalue weighted by atomic mass is 35.5. The molecule has 0 aromatic heterocycles. The molecule has 2 N–H and O–H groups in total. The SMILES string of the molecule is O=C(O)C(Cc1ccccc1)NCCCl. The summed E-state index contributed by atoms with van der Waals surface area (Å²) in [4.78, 5) is 10.9. The number of hydrogen-bond donors (Lipinski definition) is 2. The van der Waals surface area contributed by atoms with Crippen LogP contribution >= 0.6 is 11.6 Å². The molecular formula is C11H14ClNO2. The molecule has 0 aliphatic rings. The molecule has 0 aliphatic carbocycles. The lowest BCUT2D eigenvalue weighted by molar-refractivity contribution is -0.139. The number of rotatable bonds is 6. The number of carboxylic acid groups (broad SMARTS) is 1. The van der Waals surface area contributed by atoms with Crippen molar-refractivity contribution in [3.63, 3.8) is 0 Å². The highest BCUT2D eigenvalue weighted by molar-refractivity contribution is 6.18. The molecule has 15 heavy (non-hydrogen) atoms. The normalized spacial score (nSPS) is 12.3. The average molecular weight is 228 g/mol. The lowest BCUT2D eigenvalue weighted by Gasteiger charge is -2.13. The van der Waals surface area contributed by atoms with Crippen molar-refractivity contribution in [3.05, 3.63) is 35.9 Å². The van der Waals surface area contributed by atoms with E-state index in [2.05, 4.69) is 5.32 Å². The number of carboxylic acids is 1. The number of carbonyl (C=O) groups is 1. The van der Waals surface area contributed by atoms with Crippen LogP contribution in [-0.4, -0.2) is 29.5 Å². The number of alkyl halides is 1. The topological polar surface area (TPSA) is 49.3 Å². The van der Waals surface area contributed by atoms with E-state index in [0.717, 1.165) is 5.56 Å². The second-order valence-corrected chi connectivity index (χ2v) is 3.60. The van der Waals surface area contributed by atoms with Gasteiger partial charge in [-0.2, -0.15) is 0 Å². The minimum Gasteiger partial charge on any atom is -0.480 e. The first-order valence-corrected chi connectivity index (χ1v) is 5.33. The molecule has 3 nitrogen and oxygen atoms in total. The van der Waals surface area contributed by atoms with Crippen LogP contribution in [0.4, 0.5) is 0 Å². The van der Waals surface area contributed by atoms with Gasteiger partial charge in [0.2, 0.25) is 0 Å². The van der Waals surface area contributed by atoms with E-state index in [1.54, 1.807) is 0 Å². The minimum atomic E-state index is -0.844. The summed E-state index contributed by atoms with van der Waals surface area (Å²) in [6, 6.07) is 8.97. The minimum absolute atomic E-state index is 0.415. The maximum atomic E-state index is 10.9. The van der Waals surface area contributed by atoms with Crippen molar-refractivity contribution >= 4 is 17.6 Å². The van der Waals surface area contributed by atoms with Gasteiger partial charge >= 0.3 is 5.97 Å². The number of hydrogen-bond acceptors (Lipinski definition) is 2. The summed E-state index contributed by atoms with van der Waals surface area (Å²) >= 11 is 5.50. The van der Waals surface area contributed by atoms with Gasteiger partial charge in [-0.1, -0.05) is 30.3 Å². The van der Waals surface area contributed by atoms with Crippen LogP contribution in [0.1, 0.15) is 5.56 Å². The van der Waals surface area contributed by atoms with Crippen LogP contribution in [0.25, 0.3) is 0 Å². The monoisotopic (exact) mass is 227 g/mol. The molecule has 0 radical (unpaired) electrons. The first kappa shape index (κ1) is 12.0. The zero-order valence-corrected chi connectivity index (χ0v) is 9.07. The van der Waals surface area contributed by atoms with Crippen LogP contribution in [0.15, 0.2) is 30.3 Å². The van der Waals surface area contributed by atoms with Crippen LogP contribution in [-0.2, 0) is 11.2 Å². The van der Waals surface area contributed by atoms with Crippen LogP contribution in [0.3, 0.4) is 0 Å². The fourth-order valence-corrected chi connectivity index (χ4v) is 1.43. The molecule has 82 valence electrons. The number of benzene rings is 1. The predicted molar refractivity (Wildman–Crippen MR) is 60.3 cm³/mol. The van der Waals surface area contributed by atoms with Gasteiger partial charge in [0.15, 0.2) is 0 Å². The average Bonchev–Trinajstić information content (AvgIpc) is 2.25. The Bertz CT molecular complexity index is 303. The second kappa shape index (κ2) is 6.43. The third-order valence-corrected chi connectivity index (χ3v) is 2.25. The van der Waals surface area contributed by atoms with Gasteiger partial charge < -0.3 is 10.4 Å². The molecule has 0 amide bonds. The summed E-state index contributed by atoms with van der Waals surface area (Å²) in [6.07, 6.45) is 0.479. The summed E-state index contributed by atoms with van der Waals surface area (Å²) in [7, 11) is 0. The van der Waals surface area contributed by atoms with Gasteiger partial charge in [-0.05, 0) is 12.0 Å². The van der Waals surface area contributed by atoms with Crippen LogP contribution < -0.4 is 5.32 Å².